The summed E-state index contributed by atoms with van der Waals surface area (Å²) in [5, 5.41) is 6.40. The van der Waals surface area contributed by atoms with Gasteiger partial charge in [0.15, 0.2) is 15.8 Å². The number of aliphatic imine (C=N–C) groups is 1. The summed E-state index contributed by atoms with van der Waals surface area (Å²) >= 11 is 0. The minimum absolute atomic E-state index is 0.127. The van der Waals surface area contributed by atoms with E-state index in [0.29, 0.717) is 23.6 Å². The van der Waals surface area contributed by atoms with Gasteiger partial charge in [-0.3, -0.25) is 4.99 Å². The molecular weight excluding hydrogens is 377 g/mol. The Bertz CT molecular complexity index is 962. The van der Waals surface area contributed by atoms with Crippen LogP contribution in [0.5, 0.6) is 0 Å². The highest BCUT2D eigenvalue weighted by Gasteiger charge is 2.11. The van der Waals surface area contributed by atoms with Gasteiger partial charge in [0, 0.05) is 26.4 Å². The van der Waals surface area contributed by atoms with Crippen molar-refractivity contribution in [3.8, 4) is 0 Å². The summed E-state index contributed by atoms with van der Waals surface area (Å²) < 4.78 is 36.9. The van der Waals surface area contributed by atoms with Gasteiger partial charge in [0.2, 0.25) is 0 Å². The van der Waals surface area contributed by atoms with Crippen LogP contribution in [0.4, 0.5) is 4.39 Å². The molecule has 0 aliphatic carbocycles. The predicted octanol–water partition coefficient (Wildman–Crippen LogP) is 3.16. The second-order valence-electron chi connectivity index (χ2n) is 7.14. The van der Waals surface area contributed by atoms with Crippen LogP contribution < -0.4 is 10.6 Å². The molecular formula is C21H28FN3O2S. The van der Waals surface area contributed by atoms with Crippen LogP contribution in [0, 0.1) is 26.6 Å². The van der Waals surface area contributed by atoms with Crippen LogP contribution in [0.2, 0.25) is 0 Å². The molecule has 0 aliphatic rings. The maximum atomic E-state index is 13.7. The number of benzene rings is 2. The third-order valence-corrected chi connectivity index (χ3v) is 5.36. The van der Waals surface area contributed by atoms with E-state index in [1.165, 1.54) is 46.7 Å². The minimum atomic E-state index is -3.21. The maximum absolute atomic E-state index is 13.7. The molecule has 7 heteroatoms. The molecule has 2 rings (SSSR count). The Morgan fingerprint density at radius 1 is 1.00 bits per heavy atom. The topological polar surface area (TPSA) is 70.6 Å². The van der Waals surface area contributed by atoms with Crippen LogP contribution in [0.25, 0.3) is 0 Å². The summed E-state index contributed by atoms with van der Waals surface area (Å²) in [4.78, 5) is 4.20. The second kappa shape index (κ2) is 9.19. The van der Waals surface area contributed by atoms with E-state index < -0.39 is 15.7 Å². The summed E-state index contributed by atoms with van der Waals surface area (Å²) in [6, 6.07) is 8.44. The third kappa shape index (κ3) is 6.34. The van der Waals surface area contributed by atoms with E-state index in [9.17, 15) is 12.8 Å². The number of aryl methyl sites for hydroxylation is 3. The molecule has 0 unspecified atom stereocenters. The van der Waals surface area contributed by atoms with Gasteiger partial charge in [0.05, 0.1) is 5.75 Å². The first-order chi connectivity index (χ1) is 13.1. The van der Waals surface area contributed by atoms with Gasteiger partial charge >= 0.3 is 0 Å². The molecule has 0 fully saturated rings. The lowest BCUT2D eigenvalue weighted by Crippen LogP contribution is -2.37. The average molecular weight is 406 g/mol. The zero-order valence-corrected chi connectivity index (χ0v) is 17.9. The minimum Gasteiger partial charge on any atom is -0.352 e. The van der Waals surface area contributed by atoms with E-state index >= 15 is 0 Å². The van der Waals surface area contributed by atoms with Crippen molar-refractivity contribution >= 4 is 15.8 Å². The molecule has 0 saturated heterocycles. The molecule has 152 valence electrons. The summed E-state index contributed by atoms with van der Waals surface area (Å²) in [5.74, 6) is 0.0368. The van der Waals surface area contributed by atoms with E-state index in [0.717, 1.165) is 0 Å². The molecule has 0 heterocycles. The van der Waals surface area contributed by atoms with Crippen LogP contribution in [0.1, 0.15) is 33.4 Å². The number of rotatable bonds is 6. The number of sulfone groups is 1. The summed E-state index contributed by atoms with van der Waals surface area (Å²) in [7, 11) is -1.55. The lowest BCUT2D eigenvalue weighted by Gasteiger charge is -2.16. The van der Waals surface area contributed by atoms with Gasteiger partial charge in [0.1, 0.15) is 5.82 Å². The molecule has 5 nitrogen and oxygen atoms in total. The first kappa shape index (κ1) is 21.9. The van der Waals surface area contributed by atoms with Crippen LogP contribution >= 0.6 is 0 Å². The predicted molar refractivity (Wildman–Crippen MR) is 113 cm³/mol. The van der Waals surface area contributed by atoms with E-state index in [1.807, 2.05) is 0 Å². The molecule has 2 N–H and O–H groups in total. The largest absolute Gasteiger partial charge is 0.352 e. The van der Waals surface area contributed by atoms with Gasteiger partial charge in [-0.15, -0.1) is 0 Å². The fourth-order valence-corrected chi connectivity index (χ4v) is 4.09. The lowest BCUT2D eigenvalue weighted by molar-refractivity contribution is 0.599. The normalized spacial score (nSPS) is 12.1. The standard InChI is InChI=1S/C21H28FN3O2S/c1-14-8-15(2)20(16(3)9-14)12-25-21(23-4)24-11-18-10-19(22)7-6-17(18)13-28(5,26)27/h6-10H,11-13H2,1-5H3,(H2,23,24,25). The third-order valence-electron chi connectivity index (χ3n) is 4.53. The van der Waals surface area contributed by atoms with Gasteiger partial charge in [-0.25, -0.2) is 12.8 Å². The maximum Gasteiger partial charge on any atom is 0.191 e. The molecule has 0 aliphatic heterocycles. The van der Waals surface area contributed by atoms with Crippen LogP contribution in [-0.2, 0) is 28.7 Å². The molecule has 2 aromatic carbocycles. The molecule has 0 aromatic heterocycles. The first-order valence-corrected chi connectivity index (χ1v) is 11.1. The Morgan fingerprint density at radius 2 is 1.61 bits per heavy atom. The van der Waals surface area contributed by atoms with E-state index in [2.05, 4.69) is 48.5 Å². The van der Waals surface area contributed by atoms with Crippen LogP contribution in [0.3, 0.4) is 0 Å². The Labute approximate surface area is 167 Å². The van der Waals surface area contributed by atoms with Gasteiger partial charge in [-0.05, 0) is 60.7 Å². The van der Waals surface area contributed by atoms with Crippen molar-refractivity contribution < 1.29 is 12.8 Å². The quantitative estimate of drug-likeness (QED) is 0.572. The van der Waals surface area contributed by atoms with Gasteiger partial charge in [-0.1, -0.05) is 23.8 Å². The van der Waals surface area contributed by atoms with Gasteiger partial charge in [0.25, 0.3) is 0 Å². The highest BCUT2D eigenvalue weighted by molar-refractivity contribution is 7.89. The Hall–Kier alpha value is -2.41. The molecule has 2 aromatic rings. The van der Waals surface area contributed by atoms with E-state index in [4.69, 9.17) is 0 Å². The van der Waals surface area contributed by atoms with Crippen molar-refractivity contribution in [1.82, 2.24) is 10.6 Å². The number of hydrogen-bond donors (Lipinski definition) is 2. The Morgan fingerprint density at radius 3 is 2.18 bits per heavy atom. The molecule has 0 bridgehead atoms. The van der Waals surface area contributed by atoms with Crippen molar-refractivity contribution in [1.29, 1.82) is 0 Å². The Balaban J connectivity index is 2.08. The van der Waals surface area contributed by atoms with Crippen molar-refractivity contribution in [3.05, 3.63) is 69.5 Å². The summed E-state index contributed by atoms with van der Waals surface area (Å²) in [6.07, 6.45) is 1.17. The molecule has 0 amide bonds. The fraction of sp³-hybridized carbons (Fsp3) is 0.381. The highest BCUT2D eigenvalue weighted by atomic mass is 32.2. The first-order valence-electron chi connectivity index (χ1n) is 9.05. The molecule has 0 saturated carbocycles. The van der Waals surface area contributed by atoms with E-state index in [-0.39, 0.29) is 12.3 Å². The van der Waals surface area contributed by atoms with Crippen LogP contribution in [0.15, 0.2) is 35.3 Å². The fourth-order valence-electron chi connectivity index (χ4n) is 3.24. The number of halogens is 1. The van der Waals surface area contributed by atoms with Crippen molar-refractivity contribution in [2.45, 2.75) is 39.6 Å². The van der Waals surface area contributed by atoms with Gasteiger partial charge in [-0.2, -0.15) is 0 Å². The number of hydrogen-bond acceptors (Lipinski definition) is 3. The molecule has 0 spiro atoms. The van der Waals surface area contributed by atoms with Crippen molar-refractivity contribution in [2.24, 2.45) is 4.99 Å². The summed E-state index contributed by atoms with van der Waals surface area (Å²) in [6.45, 7) is 7.12. The van der Waals surface area contributed by atoms with E-state index in [1.54, 1.807) is 7.05 Å². The highest BCUT2D eigenvalue weighted by Crippen LogP contribution is 2.16. The van der Waals surface area contributed by atoms with Crippen molar-refractivity contribution in [2.75, 3.05) is 13.3 Å². The molecule has 0 radical (unpaired) electrons. The number of guanidine groups is 1. The lowest BCUT2D eigenvalue weighted by atomic mass is 10.00. The monoisotopic (exact) mass is 405 g/mol. The van der Waals surface area contributed by atoms with Crippen LogP contribution in [-0.4, -0.2) is 27.7 Å². The molecule has 0 atom stereocenters. The number of nitrogens with zero attached hydrogens (tertiary/aromatic N) is 1. The SMILES string of the molecule is CN=C(NCc1cc(F)ccc1CS(C)(=O)=O)NCc1c(C)cc(C)cc1C. The molecule has 28 heavy (non-hydrogen) atoms. The second-order valence-corrected chi connectivity index (χ2v) is 9.28. The average Bonchev–Trinajstić information content (AvgIpc) is 2.57. The smallest absolute Gasteiger partial charge is 0.191 e. The number of nitrogens with one attached hydrogen (secondary N) is 2. The summed E-state index contributed by atoms with van der Waals surface area (Å²) in [5.41, 5.74) is 6.03. The Kier molecular flexibility index (Phi) is 7.18. The van der Waals surface area contributed by atoms with Gasteiger partial charge < -0.3 is 10.6 Å². The van der Waals surface area contributed by atoms with Crippen molar-refractivity contribution in [3.63, 3.8) is 0 Å². The zero-order chi connectivity index (χ0) is 20.9. The zero-order valence-electron chi connectivity index (χ0n) is 17.1.